The summed E-state index contributed by atoms with van der Waals surface area (Å²) in [6, 6.07) is 6.99. The molecule has 2 rings (SSSR count). The second-order valence-corrected chi connectivity index (χ2v) is 6.93. The number of nitrogens with one attached hydrogen (secondary N) is 1. The lowest BCUT2D eigenvalue weighted by molar-refractivity contribution is 0.142. The van der Waals surface area contributed by atoms with Crippen LogP contribution in [-0.2, 0) is 0 Å². The molecule has 0 spiro atoms. The first kappa shape index (κ1) is 16.3. The Hall–Kier alpha value is -1.06. The zero-order valence-corrected chi connectivity index (χ0v) is 13.8. The van der Waals surface area contributed by atoms with E-state index in [4.69, 9.17) is 4.74 Å². The van der Waals surface area contributed by atoms with E-state index in [0.29, 0.717) is 18.6 Å². The predicted molar refractivity (Wildman–Crippen MR) is 87.0 cm³/mol. The molecule has 3 heteroatoms. The molecule has 1 unspecified atom stereocenters. The van der Waals surface area contributed by atoms with Crippen LogP contribution in [0.5, 0.6) is 5.75 Å². The van der Waals surface area contributed by atoms with Gasteiger partial charge in [0.05, 0.1) is 13.2 Å². The zero-order valence-electron chi connectivity index (χ0n) is 13.8. The highest BCUT2D eigenvalue weighted by Gasteiger charge is 2.31. The average molecular weight is 291 g/mol. The maximum Gasteiger partial charge on any atom is 0.123 e. The van der Waals surface area contributed by atoms with Crippen LogP contribution in [0.15, 0.2) is 18.2 Å². The summed E-state index contributed by atoms with van der Waals surface area (Å²) in [6.45, 7) is 9.31. The van der Waals surface area contributed by atoms with Crippen LogP contribution in [0.1, 0.15) is 57.1 Å². The average Bonchev–Trinajstić information content (AvgIpc) is 3.22. The standard InChI is InChI=1S/C18H29NO2/c1-13(2)16-8-5-14(3)11-17(16)21-10-9-18(4,12-20)19-15-6-7-15/h5,8,11,13,15,19-20H,6-7,9-10,12H2,1-4H3. The van der Waals surface area contributed by atoms with Crippen LogP contribution in [0.25, 0.3) is 0 Å². The first-order valence-corrected chi connectivity index (χ1v) is 8.05. The molecule has 0 saturated heterocycles. The van der Waals surface area contributed by atoms with Gasteiger partial charge in [-0.25, -0.2) is 0 Å². The number of aliphatic hydroxyl groups is 1. The first-order valence-electron chi connectivity index (χ1n) is 8.05. The van der Waals surface area contributed by atoms with Gasteiger partial charge < -0.3 is 15.2 Å². The number of aliphatic hydroxyl groups excluding tert-OH is 1. The van der Waals surface area contributed by atoms with Crippen LogP contribution in [0.3, 0.4) is 0 Å². The highest BCUT2D eigenvalue weighted by atomic mass is 16.5. The maximum atomic E-state index is 9.63. The Kier molecular flexibility index (Phi) is 5.28. The second-order valence-electron chi connectivity index (χ2n) is 6.93. The van der Waals surface area contributed by atoms with Gasteiger partial charge in [0.25, 0.3) is 0 Å². The minimum absolute atomic E-state index is 0.151. The van der Waals surface area contributed by atoms with Gasteiger partial charge in [0.1, 0.15) is 5.75 Å². The van der Waals surface area contributed by atoms with Gasteiger partial charge in [0.2, 0.25) is 0 Å². The number of aryl methyl sites for hydroxylation is 1. The Bertz CT molecular complexity index is 468. The lowest BCUT2D eigenvalue weighted by Gasteiger charge is -2.29. The molecule has 0 heterocycles. The van der Waals surface area contributed by atoms with Crippen molar-refractivity contribution in [1.82, 2.24) is 5.32 Å². The van der Waals surface area contributed by atoms with Crippen molar-refractivity contribution < 1.29 is 9.84 Å². The molecule has 118 valence electrons. The topological polar surface area (TPSA) is 41.5 Å². The summed E-state index contributed by atoms with van der Waals surface area (Å²) in [4.78, 5) is 0. The molecule has 0 amide bonds. The van der Waals surface area contributed by atoms with Gasteiger partial charge in [-0.05, 0) is 49.8 Å². The van der Waals surface area contributed by atoms with Crippen molar-refractivity contribution >= 4 is 0 Å². The number of hydrogen-bond acceptors (Lipinski definition) is 3. The van der Waals surface area contributed by atoms with Crippen molar-refractivity contribution in [2.45, 2.75) is 64.5 Å². The van der Waals surface area contributed by atoms with Gasteiger partial charge in [-0.1, -0.05) is 26.0 Å². The molecule has 0 radical (unpaired) electrons. The smallest absolute Gasteiger partial charge is 0.123 e. The Morgan fingerprint density at radius 3 is 2.67 bits per heavy atom. The quantitative estimate of drug-likeness (QED) is 0.771. The van der Waals surface area contributed by atoms with E-state index in [2.05, 4.69) is 51.2 Å². The minimum Gasteiger partial charge on any atom is -0.493 e. The number of ether oxygens (including phenoxy) is 1. The van der Waals surface area contributed by atoms with Gasteiger partial charge in [-0.15, -0.1) is 0 Å². The van der Waals surface area contributed by atoms with Crippen molar-refractivity contribution in [3.63, 3.8) is 0 Å². The molecule has 1 fully saturated rings. The Balaban J connectivity index is 1.94. The van der Waals surface area contributed by atoms with Gasteiger partial charge in [-0.3, -0.25) is 0 Å². The van der Waals surface area contributed by atoms with E-state index in [1.807, 2.05) is 0 Å². The number of benzene rings is 1. The molecule has 1 aliphatic carbocycles. The minimum atomic E-state index is -0.233. The molecular formula is C18H29NO2. The van der Waals surface area contributed by atoms with Gasteiger partial charge in [0, 0.05) is 18.0 Å². The van der Waals surface area contributed by atoms with Crippen molar-refractivity contribution in [2.75, 3.05) is 13.2 Å². The Morgan fingerprint density at radius 2 is 2.10 bits per heavy atom. The fourth-order valence-corrected chi connectivity index (χ4v) is 2.55. The SMILES string of the molecule is Cc1ccc(C(C)C)c(OCCC(C)(CO)NC2CC2)c1. The normalized spacial score (nSPS) is 17.8. The number of hydrogen-bond donors (Lipinski definition) is 2. The molecular weight excluding hydrogens is 262 g/mol. The third-order valence-electron chi connectivity index (χ3n) is 4.18. The number of rotatable bonds is 8. The van der Waals surface area contributed by atoms with Crippen LogP contribution in [0, 0.1) is 6.92 Å². The molecule has 1 atom stereocenters. The lowest BCUT2D eigenvalue weighted by Crippen LogP contribution is -2.48. The van der Waals surface area contributed by atoms with Crippen molar-refractivity contribution in [1.29, 1.82) is 0 Å². The van der Waals surface area contributed by atoms with Crippen LogP contribution in [0.2, 0.25) is 0 Å². The summed E-state index contributed by atoms with van der Waals surface area (Å²) in [6.07, 6.45) is 3.27. The van der Waals surface area contributed by atoms with E-state index < -0.39 is 0 Å². The van der Waals surface area contributed by atoms with Crippen LogP contribution >= 0.6 is 0 Å². The molecule has 1 saturated carbocycles. The molecule has 3 nitrogen and oxygen atoms in total. The highest BCUT2D eigenvalue weighted by Crippen LogP contribution is 2.28. The largest absolute Gasteiger partial charge is 0.493 e. The maximum absolute atomic E-state index is 9.63. The van der Waals surface area contributed by atoms with E-state index in [1.165, 1.54) is 24.0 Å². The van der Waals surface area contributed by atoms with E-state index in [-0.39, 0.29) is 12.1 Å². The Labute approximate surface area is 128 Å². The summed E-state index contributed by atoms with van der Waals surface area (Å²) in [5, 5.41) is 13.2. The summed E-state index contributed by atoms with van der Waals surface area (Å²) in [7, 11) is 0. The van der Waals surface area contributed by atoms with E-state index in [0.717, 1.165) is 12.2 Å². The third kappa shape index (κ3) is 4.72. The van der Waals surface area contributed by atoms with Crippen LogP contribution < -0.4 is 10.1 Å². The third-order valence-corrected chi connectivity index (χ3v) is 4.18. The van der Waals surface area contributed by atoms with Crippen LogP contribution in [0.4, 0.5) is 0 Å². The monoisotopic (exact) mass is 291 g/mol. The zero-order chi connectivity index (χ0) is 15.5. The molecule has 1 aromatic rings. The Morgan fingerprint density at radius 1 is 1.38 bits per heavy atom. The molecule has 0 aromatic heterocycles. The van der Waals surface area contributed by atoms with Crippen LogP contribution in [-0.4, -0.2) is 29.9 Å². The van der Waals surface area contributed by atoms with Gasteiger partial charge >= 0.3 is 0 Å². The summed E-state index contributed by atoms with van der Waals surface area (Å²) in [5.41, 5.74) is 2.24. The fraction of sp³-hybridized carbons (Fsp3) is 0.667. The van der Waals surface area contributed by atoms with E-state index in [9.17, 15) is 5.11 Å². The highest BCUT2D eigenvalue weighted by molar-refractivity contribution is 5.39. The molecule has 21 heavy (non-hydrogen) atoms. The fourth-order valence-electron chi connectivity index (χ4n) is 2.55. The summed E-state index contributed by atoms with van der Waals surface area (Å²) < 4.78 is 6.03. The van der Waals surface area contributed by atoms with Gasteiger partial charge in [-0.2, -0.15) is 0 Å². The van der Waals surface area contributed by atoms with Crippen molar-refractivity contribution in [3.05, 3.63) is 29.3 Å². The lowest BCUT2D eigenvalue weighted by atomic mass is 9.99. The van der Waals surface area contributed by atoms with Crippen molar-refractivity contribution in [2.24, 2.45) is 0 Å². The van der Waals surface area contributed by atoms with Gasteiger partial charge in [0.15, 0.2) is 0 Å². The molecule has 2 N–H and O–H groups in total. The molecule has 1 aromatic carbocycles. The molecule has 1 aliphatic rings. The van der Waals surface area contributed by atoms with Crippen molar-refractivity contribution in [3.8, 4) is 5.75 Å². The predicted octanol–water partition coefficient (Wildman–Crippen LogP) is 3.39. The summed E-state index contributed by atoms with van der Waals surface area (Å²) >= 11 is 0. The summed E-state index contributed by atoms with van der Waals surface area (Å²) in [5.74, 6) is 1.44. The van der Waals surface area contributed by atoms with E-state index >= 15 is 0 Å². The second kappa shape index (κ2) is 6.80. The molecule has 0 aliphatic heterocycles. The van der Waals surface area contributed by atoms with E-state index in [1.54, 1.807) is 0 Å². The molecule has 0 bridgehead atoms. The first-order chi connectivity index (χ1) is 9.93.